The van der Waals surface area contributed by atoms with E-state index in [1.54, 1.807) is 0 Å². The minimum atomic E-state index is 0.0130. The number of fused-ring (bicyclic) bond motifs is 1. The van der Waals surface area contributed by atoms with E-state index in [-0.39, 0.29) is 5.54 Å². The molecule has 1 atom stereocenters. The number of H-pyrrole nitrogens is 1. The number of imidazole rings is 1. The van der Waals surface area contributed by atoms with E-state index in [4.69, 9.17) is 4.98 Å². The molecule has 18 heavy (non-hydrogen) atoms. The van der Waals surface area contributed by atoms with Gasteiger partial charge in [-0.25, -0.2) is 4.98 Å². The molecule has 1 aliphatic heterocycles. The molecule has 2 aromatic rings. The summed E-state index contributed by atoms with van der Waals surface area (Å²) < 4.78 is 0. The summed E-state index contributed by atoms with van der Waals surface area (Å²) in [6.07, 6.45) is 3.71. The molecule has 1 aliphatic rings. The van der Waals surface area contributed by atoms with Crippen LogP contribution in [0.4, 0.5) is 0 Å². The lowest BCUT2D eigenvalue weighted by Gasteiger charge is -2.33. The van der Waals surface area contributed by atoms with Crippen LogP contribution < -0.4 is 5.32 Å². The molecule has 0 spiro atoms. The van der Waals surface area contributed by atoms with Crippen molar-refractivity contribution in [3.63, 3.8) is 0 Å². The second-order valence-corrected chi connectivity index (χ2v) is 5.76. The first-order valence-electron chi connectivity index (χ1n) is 6.81. The van der Waals surface area contributed by atoms with Crippen LogP contribution in [0.1, 0.15) is 43.1 Å². The number of hydrogen-bond acceptors (Lipinski definition) is 2. The van der Waals surface area contributed by atoms with Gasteiger partial charge in [0.15, 0.2) is 0 Å². The van der Waals surface area contributed by atoms with Crippen molar-refractivity contribution in [1.29, 1.82) is 0 Å². The van der Waals surface area contributed by atoms with Crippen LogP contribution in [-0.4, -0.2) is 16.5 Å². The molecular weight excluding hydrogens is 222 g/mol. The number of benzene rings is 1. The molecule has 2 N–H and O–H groups in total. The summed E-state index contributed by atoms with van der Waals surface area (Å²) in [4.78, 5) is 8.29. The predicted octanol–water partition coefficient (Wildman–Crippen LogP) is 3.17. The molecule has 3 rings (SSSR count). The van der Waals surface area contributed by atoms with Crippen molar-refractivity contribution in [3.05, 3.63) is 29.1 Å². The van der Waals surface area contributed by atoms with Crippen molar-refractivity contribution in [2.75, 3.05) is 6.54 Å². The minimum Gasteiger partial charge on any atom is -0.340 e. The Kier molecular flexibility index (Phi) is 2.67. The van der Waals surface area contributed by atoms with Gasteiger partial charge in [0.1, 0.15) is 5.82 Å². The molecule has 1 aromatic carbocycles. The molecule has 3 heteroatoms. The highest BCUT2D eigenvalue weighted by Crippen LogP contribution is 2.29. The van der Waals surface area contributed by atoms with Crippen molar-refractivity contribution >= 4 is 11.0 Å². The molecule has 0 bridgehead atoms. The van der Waals surface area contributed by atoms with E-state index in [1.807, 2.05) is 0 Å². The average Bonchev–Trinajstić information content (AvgIpc) is 2.74. The van der Waals surface area contributed by atoms with Crippen LogP contribution >= 0.6 is 0 Å². The fraction of sp³-hybridized carbons (Fsp3) is 0.533. The Bertz CT molecular complexity index is 538. The van der Waals surface area contributed by atoms with E-state index in [1.165, 1.54) is 24.0 Å². The van der Waals surface area contributed by atoms with Crippen molar-refractivity contribution in [2.45, 2.75) is 45.6 Å². The van der Waals surface area contributed by atoms with Gasteiger partial charge in [-0.3, -0.25) is 0 Å². The van der Waals surface area contributed by atoms with Crippen LogP contribution in [0.2, 0.25) is 0 Å². The largest absolute Gasteiger partial charge is 0.340 e. The quantitative estimate of drug-likeness (QED) is 0.807. The van der Waals surface area contributed by atoms with Crippen LogP contribution in [0, 0.1) is 13.8 Å². The van der Waals surface area contributed by atoms with Crippen molar-refractivity contribution in [1.82, 2.24) is 15.3 Å². The Morgan fingerprint density at radius 2 is 1.94 bits per heavy atom. The number of aryl methyl sites for hydroxylation is 2. The molecule has 0 aliphatic carbocycles. The van der Waals surface area contributed by atoms with Crippen LogP contribution in [0.15, 0.2) is 12.1 Å². The molecule has 1 aromatic heterocycles. The predicted molar refractivity (Wildman–Crippen MR) is 74.8 cm³/mol. The first-order chi connectivity index (χ1) is 8.58. The van der Waals surface area contributed by atoms with Gasteiger partial charge >= 0.3 is 0 Å². The number of hydrogen-bond donors (Lipinski definition) is 2. The van der Waals surface area contributed by atoms with Crippen molar-refractivity contribution in [2.24, 2.45) is 0 Å². The van der Waals surface area contributed by atoms with Gasteiger partial charge in [-0.15, -0.1) is 0 Å². The maximum absolute atomic E-state index is 4.79. The average molecular weight is 243 g/mol. The smallest absolute Gasteiger partial charge is 0.127 e. The van der Waals surface area contributed by atoms with Crippen LogP contribution in [-0.2, 0) is 5.54 Å². The van der Waals surface area contributed by atoms with Gasteiger partial charge in [-0.2, -0.15) is 0 Å². The molecule has 1 fully saturated rings. The number of aromatic nitrogens is 2. The molecular formula is C15H21N3. The highest BCUT2D eigenvalue weighted by atomic mass is 15.1. The summed E-state index contributed by atoms with van der Waals surface area (Å²) in [7, 11) is 0. The number of aromatic amines is 1. The highest BCUT2D eigenvalue weighted by molar-refractivity contribution is 5.77. The number of rotatable bonds is 1. The summed E-state index contributed by atoms with van der Waals surface area (Å²) in [5, 5.41) is 3.61. The molecule has 3 nitrogen and oxygen atoms in total. The lowest BCUT2D eigenvalue weighted by molar-refractivity contribution is 0.271. The van der Waals surface area contributed by atoms with E-state index >= 15 is 0 Å². The summed E-state index contributed by atoms with van der Waals surface area (Å²) >= 11 is 0. The number of piperidine rings is 1. The summed E-state index contributed by atoms with van der Waals surface area (Å²) in [5.41, 5.74) is 4.88. The highest BCUT2D eigenvalue weighted by Gasteiger charge is 2.31. The van der Waals surface area contributed by atoms with E-state index in [9.17, 15) is 0 Å². The molecule has 96 valence electrons. The minimum absolute atomic E-state index is 0.0130. The molecule has 0 radical (unpaired) electrons. The standard InChI is InChI=1S/C15H21N3/c1-10-8-12-13(9-11(10)2)18-14(17-12)15(3)6-4-5-7-16-15/h8-9,16H,4-7H2,1-3H3,(H,17,18). The zero-order chi connectivity index (χ0) is 12.8. The van der Waals surface area contributed by atoms with Gasteiger partial charge in [0.05, 0.1) is 16.6 Å². The lowest BCUT2D eigenvalue weighted by Crippen LogP contribution is -2.44. The fourth-order valence-electron chi connectivity index (χ4n) is 2.79. The monoisotopic (exact) mass is 243 g/mol. The maximum Gasteiger partial charge on any atom is 0.127 e. The van der Waals surface area contributed by atoms with Crippen LogP contribution in [0.25, 0.3) is 11.0 Å². The summed E-state index contributed by atoms with van der Waals surface area (Å²) in [5.74, 6) is 1.09. The second-order valence-electron chi connectivity index (χ2n) is 5.76. The third-order valence-electron chi connectivity index (χ3n) is 4.24. The van der Waals surface area contributed by atoms with Gasteiger partial charge in [0.25, 0.3) is 0 Å². The molecule has 0 saturated carbocycles. The van der Waals surface area contributed by atoms with Crippen LogP contribution in [0.3, 0.4) is 0 Å². The van der Waals surface area contributed by atoms with E-state index in [0.717, 1.165) is 29.8 Å². The van der Waals surface area contributed by atoms with E-state index in [0.29, 0.717) is 0 Å². The normalized spacial score (nSPS) is 24.6. The van der Waals surface area contributed by atoms with Crippen molar-refractivity contribution in [3.8, 4) is 0 Å². The number of nitrogens with zero attached hydrogens (tertiary/aromatic N) is 1. The zero-order valence-corrected chi connectivity index (χ0v) is 11.4. The Hall–Kier alpha value is -1.35. The van der Waals surface area contributed by atoms with Crippen LogP contribution in [0.5, 0.6) is 0 Å². The fourth-order valence-corrected chi connectivity index (χ4v) is 2.79. The van der Waals surface area contributed by atoms with Gasteiger partial charge < -0.3 is 10.3 Å². The third kappa shape index (κ3) is 1.83. The first kappa shape index (κ1) is 11.7. The Morgan fingerprint density at radius 1 is 1.17 bits per heavy atom. The topological polar surface area (TPSA) is 40.7 Å². The van der Waals surface area contributed by atoms with E-state index in [2.05, 4.69) is 43.2 Å². The Morgan fingerprint density at radius 3 is 2.67 bits per heavy atom. The summed E-state index contributed by atoms with van der Waals surface area (Å²) in [6, 6.07) is 4.38. The Labute approximate surface area is 108 Å². The molecule has 1 saturated heterocycles. The second kappa shape index (κ2) is 4.09. The van der Waals surface area contributed by atoms with Gasteiger partial charge in [-0.1, -0.05) is 0 Å². The molecule has 1 unspecified atom stereocenters. The summed E-state index contributed by atoms with van der Waals surface area (Å²) in [6.45, 7) is 7.63. The maximum atomic E-state index is 4.79. The molecule has 2 heterocycles. The molecule has 0 amide bonds. The van der Waals surface area contributed by atoms with Gasteiger partial charge in [-0.05, 0) is 69.8 Å². The Balaban J connectivity index is 2.07. The van der Waals surface area contributed by atoms with Crippen molar-refractivity contribution < 1.29 is 0 Å². The first-order valence-corrected chi connectivity index (χ1v) is 6.81. The van der Waals surface area contributed by atoms with Gasteiger partial charge in [0.2, 0.25) is 0 Å². The number of nitrogens with one attached hydrogen (secondary N) is 2. The van der Waals surface area contributed by atoms with E-state index < -0.39 is 0 Å². The van der Waals surface area contributed by atoms with Gasteiger partial charge in [0, 0.05) is 0 Å². The third-order valence-corrected chi connectivity index (χ3v) is 4.24. The SMILES string of the molecule is Cc1cc2nc(C3(C)CCCCN3)[nH]c2cc1C. The zero-order valence-electron chi connectivity index (χ0n) is 11.4. The lowest BCUT2D eigenvalue weighted by atomic mass is 9.90.